The lowest BCUT2D eigenvalue weighted by Crippen LogP contribution is -2.40. The van der Waals surface area contributed by atoms with Gasteiger partial charge < -0.3 is 19.7 Å². The Morgan fingerprint density at radius 3 is 2.92 bits per heavy atom. The van der Waals surface area contributed by atoms with Crippen molar-refractivity contribution in [1.29, 1.82) is 0 Å². The van der Waals surface area contributed by atoms with Crippen LogP contribution in [0.2, 0.25) is 0 Å². The van der Waals surface area contributed by atoms with Gasteiger partial charge in [-0.15, -0.1) is 24.0 Å². The quantitative estimate of drug-likeness (QED) is 0.255. The average molecular weight is 475 g/mol. The first-order chi connectivity index (χ1) is 12.3. The molecule has 0 bridgehead atoms. The molecule has 5 nitrogen and oxygen atoms in total. The van der Waals surface area contributed by atoms with Gasteiger partial charge in [0.2, 0.25) is 0 Å². The Morgan fingerprint density at radius 2 is 2.19 bits per heavy atom. The van der Waals surface area contributed by atoms with Crippen LogP contribution in [0.15, 0.2) is 29.3 Å². The zero-order chi connectivity index (χ0) is 17.9. The van der Waals surface area contributed by atoms with Crippen LogP contribution < -0.4 is 10.1 Å². The molecule has 2 rings (SSSR count). The van der Waals surface area contributed by atoms with Crippen LogP contribution >= 0.6 is 24.0 Å². The van der Waals surface area contributed by atoms with Crippen molar-refractivity contribution in [2.75, 3.05) is 40.0 Å². The molecule has 0 saturated carbocycles. The monoisotopic (exact) mass is 475 g/mol. The maximum atomic E-state index is 5.79. The summed E-state index contributed by atoms with van der Waals surface area (Å²) < 4.78 is 11.1. The molecule has 1 aliphatic heterocycles. The second kappa shape index (κ2) is 13.2. The Morgan fingerprint density at radius 1 is 1.35 bits per heavy atom. The molecule has 26 heavy (non-hydrogen) atoms. The fourth-order valence-electron chi connectivity index (χ4n) is 3.06. The molecule has 1 N–H and O–H groups in total. The summed E-state index contributed by atoms with van der Waals surface area (Å²) in [7, 11) is 1.78. The number of guanidine groups is 1. The van der Waals surface area contributed by atoms with Crippen molar-refractivity contribution in [2.24, 2.45) is 10.9 Å². The van der Waals surface area contributed by atoms with Crippen molar-refractivity contribution in [2.45, 2.75) is 39.7 Å². The number of unbranched alkanes of at least 4 members (excludes halogenated alkanes) is 1. The summed E-state index contributed by atoms with van der Waals surface area (Å²) in [5.74, 6) is 2.54. The van der Waals surface area contributed by atoms with E-state index in [1.807, 2.05) is 12.1 Å². The molecule has 0 radical (unpaired) electrons. The van der Waals surface area contributed by atoms with Crippen LogP contribution in [0, 0.1) is 5.92 Å². The molecule has 1 aromatic rings. The van der Waals surface area contributed by atoms with Crippen molar-refractivity contribution in [1.82, 2.24) is 10.2 Å². The summed E-state index contributed by atoms with van der Waals surface area (Å²) in [5, 5.41) is 3.42. The lowest BCUT2D eigenvalue weighted by Gasteiger charge is -2.21. The molecule has 1 heterocycles. The Hall–Kier alpha value is -1.02. The largest absolute Gasteiger partial charge is 0.494 e. The fraction of sp³-hybridized carbons (Fsp3) is 0.650. The van der Waals surface area contributed by atoms with Crippen LogP contribution in [-0.4, -0.2) is 50.8 Å². The van der Waals surface area contributed by atoms with E-state index in [0.29, 0.717) is 12.5 Å². The molecule has 0 aliphatic carbocycles. The van der Waals surface area contributed by atoms with Gasteiger partial charge in [-0.25, -0.2) is 4.99 Å². The minimum absolute atomic E-state index is 0. The van der Waals surface area contributed by atoms with Crippen LogP contribution in [-0.2, 0) is 11.3 Å². The highest BCUT2D eigenvalue weighted by molar-refractivity contribution is 14.0. The van der Waals surface area contributed by atoms with E-state index in [2.05, 4.69) is 36.2 Å². The number of ether oxygens (including phenoxy) is 2. The van der Waals surface area contributed by atoms with Gasteiger partial charge in [0.1, 0.15) is 5.75 Å². The molecule has 148 valence electrons. The van der Waals surface area contributed by atoms with E-state index in [0.717, 1.165) is 57.4 Å². The maximum Gasteiger partial charge on any atom is 0.194 e. The number of rotatable bonds is 9. The highest BCUT2D eigenvalue weighted by Gasteiger charge is 2.24. The van der Waals surface area contributed by atoms with Gasteiger partial charge in [-0.05, 0) is 37.5 Å². The number of halogens is 1. The number of methoxy groups -OCH3 is 1. The zero-order valence-corrected chi connectivity index (χ0v) is 18.7. The summed E-state index contributed by atoms with van der Waals surface area (Å²) in [5.41, 5.74) is 1.18. The van der Waals surface area contributed by atoms with Crippen molar-refractivity contribution < 1.29 is 9.47 Å². The fourth-order valence-corrected chi connectivity index (χ4v) is 3.06. The van der Waals surface area contributed by atoms with Gasteiger partial charge in [0, 0.05) is 32.7 Å². The SMILES string of the molecule is CCCCOc1cccc(CN=C(NCC)N2CCC(COC)C2)c1.I. The molecular formula is C20H34IN3O2. The van der Waals surface area contributed by atoms with Gasteiger partial charge in [0.05, 0.1) is 19.8 Å². The Kier molecular flexibility index (Phi) is 11.7. The number of nitrogens with zero attached hydrogens (tertiary/aromatic N) is 2. The molecule has 1 aromatic carbocycles. The first-order valence-corrected chi connectivity index (χ1v) is 9.50. The summed E-state index contributed by atoms with van der Waals surface area (Å²) in [4.78, 5) is 7.17. The normalized spacial score (nSPS) is 17.1. The summed E-state index contributed by atoms with van der Waals surface area (Å²) in [6.45, 7) is 9.49. The van der Waals surface area contributed by atoms with E-state index in [1.54, 1.807) is 7.11 Å². The van der Waals surface area contributed by atoms with Crippen molar-refractivity contribution in [3.63, 3.8) is 0 Å². The zero-order valence-electron chi connectivity index (χ0n) is 16.4. The smallest absolute Gasteiger partial charge is 0.194 e. The lowest BCUT2D eigenvalue weighted by molar-refractivity contribution is 0.157. The minimum Gasteiger partial charge on any atom is -0.494 e. The second-order valence-electron chi connectivity index (χ2n) is 6.58. The minimum atomic E-state index is 0. The Labute approximate surface area is 175 Å². The standard InChI is InChI=1S/C20H33N3O2.HI/c1-4-6-12-25-19-9-7-8-17(13-19)14-22-20(21-5-2)23-11-10-18(15-23)16-24-3;/h7-9,13,18H,4-6,10-12,14-16H2,1-3H3,(H,21,22);1H. The molecule has 1 unspecified atom stereocenters. The summed E-state index contributed by atoms with van der Waals surface area (Å²) in [6, 6.07) is 8.27. The Bertz CT molecular complexity index is 540. The van der Waals surface area contributed by atoms with Crippen LogP contribution in [0.4, 0.5) is 0 Å². The first-order valence-electron chi connectivity index (χ1n) is 9.50. The number of hydrogen-bond donors (Lipinski definition) is 1. The number of benzene rings is 1. The first kappa shape index (κ1) is 23.0. The average Bonchev–Trinajstić information content (AvgIpc) is 3.08. The highest BCUT2D eigenvalue weighted by Crippen LogP contribution is 2.18. The van der Waals surface area contributed by atoms with Crippen molar-refractivity contribution in [3.05, 3.63) is 29.8 Å². The van der Waals surface area contributed by atoms with Gasteiger partial charge in [-0.1, -0.05) is 25.5 Å². The lowest BCUT2D eigenvalue weighted by atomic mass is 10.1. The molecule has 0 amide bonds. The number of likely N-dealkylation sites (tertiary alicyclic amines) is 1. The summed E-state index contributed by atoms with van der Waals surface area (Å²) >= 11 is 0. The topological polar surface area (TPSA) is 46.1 Å². The molecule has 0 spiro atoms. The van der Waals surface area contributed by atoms with E-state index in [9.17, 15) is 0 Å². The summed E-state index contributed by atoms with van der Waals surface area (Å²) in [6.07, 6.45) is 3.40. The number of aliphatic imine (C=N–C) groups is 1. The molecule has 0 aromatic heterocycles. The molecular weight excluding hydrogens is 441 g/mol. The molecule has 1 aliphatic rings. The predicted molar refractivity (Wildman–Crippen MR) is 119 cm³/mol. The van der Waals surface area contributed by atoms with Crippen molar-refractivity contribution in [3.8, 4) is 5.75 Å². The van der Waals surface area contributed by atoms with Crippen LogP contribution in [0.5, 0.6) is 5.75 Å². The molecule has 1 fully saturated rings. The van der Waals surface area contributed by atoms with E-state index < -0.39 is 0 Å². The molecule has 1 atom stereocenters. The maximum absolute atomic E-state index is 5.79. The third-order valence-electron chi connectivity index (χ3n) is 4.40. The van der Waals surface area contributed by atoms with Crippen LogP contribution in [0.3, 0.4) is 0 Å². The van der Waals surface area contributed by atoms with Gasteiger partial charge in [-0.3, -0.25) is 0 Å². The molecule has 1 saturated heterocycles. The van der Waals surface area contributed by atoms with E-state index in [4.69, 9.17) is 14.5 Å². The van der Waals surface area contributed by atoms with E-state index in [-0.39, 0.29) is 24.0 Å². The van der Waals surface area contributed by atoms with Gasteiger partial charge in [-0.2, -0.15) is 0 Å². The number of hydrogen-bond acceptors (Lipinski definition) is 3. The van der Waals surface area contributed by atoms with E-state index in [1.165, 1.54) is 12.0 Å². The predicted octanol–water partition coefficient (Wildman–Crippen LogP) is 3.92. The van der Waals surface area contributed by atoms with Crippen LogP contribution in [0.25, 0.3) is 0 Å². The van der Waals surface area contributed by atoms with Crippen molar-refractivity contribution >= 4 is 29.9 Å². The van der Waals surface area contributed by atoms with Gasteiger partial charge >= 0.3 is 0 Å². The third-order valence-corrected chi connectivity index (χ3v) is 4.40. The Balaban J connectivity index is 0.00000338. The highest BCUT2D eigenvalue weighted by atomic mass is 127. The third kappa shape index (κ3) is 7.70. The number of nitrogens with one attached hydrogen (secondary N) is 1. The van der Waals surface area contributed by atoms with E-state index >= 15 is 0 Å². The second-order valence-corrected chi connectivity index (χ2v) is 6.58. The van der Waals surface area contributed by atoms with Crippen LogP contribution in [0.1, 0.15) is 38.7 Å². The molecule has 6 heteroatoms. The van der Waals surface area contributed by atoms with Gasteiger partial charge in [0.25, 0.3) is 0 Å². The van der Waals surface area contributed by atoms with Gasteiger partial charge in [0.15, 0.2) is 5.96 Å².